The number of alkyl halides is 3. The van der Waals surface area contributed by atoms with Crippen LogP contribution >= 0.6 is 0 Å². The first kappa shape index (κ1) is 23.6. The molecule has 2 saturated heterocycles. The van der Waals surface area contributed by atoms with Gasteiger partial charge in [0, 0.05) is 45.8 Å². The van der Waals surface area contributed by atoms with Crippen molar-refractivity contribution in [3.8, 4) is 0 Å². The molecule has 174 valence electrons. The zero-order valence-electron chi connectivity index (χ0n) is 18.1. The number of nitrogens with one attached hydrogen (secondary N) is 1. The summed E-state index contributed by atoms with van der Waals surface area (Å²) in [4.78, 5) is 9.97. The van der Waals surface area contributed by atoms with E-state index in [4.69, 9.17) is 4.74 Å². The highest BCUT2D eigenvalue weighted by molar-refractivity contribution is 5.80. The maximum atomic E-state index is 14.6. The summed E-state index contributed by atoms with van der Waals surface area (Å²) in [5.41, 5.74) is 1.31. The lowest BCUT2D eigenvalue weighted by Crippen LogP contribution is -2.56. The summed E-state index contributed by atoms with van der Waals surface area (Å²) in [5.74, 6) is 0.355. The minimum absolute atomic E-state index is 0.283. The predicted octanol–water partition coefficient (Wildman–Crippen LogP) is 2.70. The van der Waals surface area contributed by atoms with E-state index >= 15 is 0 Å². The molecule has 1 aromatic rings. The van der Waals surface area contributed by atoms with E-state index in [1.807, 2.05) is 22.8 Å². The van der Waals surface area contributed by atoms with Crippen LogP contribution < -0.4 is 10.2 Å². The van der Waals surface area contributed by atoms with Crippen LogP contribution in [0.5, 0.6) is 0 Å². The molecule has 3 rings (SSSR count). The van der Waals surface area contributed by atoms with Crippen molar-refractivity contribution in [3.05, 3.63) is 29.6 Å². The summed E-state index contributed by atoms with van der Waals surface area (Å²) in [5, 5.41) is 3.19. The van der Waals surface area contributed by atoms with Crippen molar-refractivity contribution in [2.75, 3.05) is 63.9 Å². The van der Waals surface area contributed by atoms with Gasteiger partial charge in [-0.25, -0.2) is 9.38 Å². The Labute approximate surface area is 180 Å². The fourth-order valence-electron chi connectivity index (χ4n) is 3.83. The van der Waals surface area contributed by atoms with Crippen LogP contribution in [0.2, 0.25) is 0 Å². The second kappa shape index (κ2) is 10.5. The van der Waals surface area contributed by atoms with Crippen molar-refractivity contribution >= 4 is 11.6 Å². The maximum absolute atomic E-state index is 14.6. The average molecular weight is 446 g/mol. The quantitative estimate of drug-likeness (QED) is 0.429. The summed E-state index contributed by atoms with van der Waals surface area (Å²) in [6.45, 7) is 8.12. The first-order valence-electron chi connectivity index (χ1n) is 10.7. The smallest absolute Gasteiger partial charge is 0.378 e. The standard InChI is InChI=1S/C21H31F4N5O/c1-3-26-20(30-8-6-28(7-9-30)16(2)21(23,24)25)27-15-17-4-5-19(18(22)14-17)29-10-12-31-13-11-29/h4-5,14,16H,3,6-13,15H2,1-2H3,(H,26,27). The van der Waals surface area contributed by atoms with Gasteiger partial charge in [0.05, 0.1) is 25.4 Å². The molecule has 0 saturated carbocycles. The normalized spacial score (nSPS) is 20.1. The zero-order chi connectivity index (χ0) is 22.4. The van der Waals surface area contributed by atoms with Crippen LogP contribution in [0.4, 0.5) is 23.2 Å². The maximum Gasteiger partial charge on any atom is 0.403 e. The Morgan fingerprint density at radius 3 is 2.39 bits per heavy atom. The molecule has 0 aliphatic carbocycles. The molecule has 0 radical (unpaired) electrons. The van der Waals surface area contributed by atoms with Crippen molar-refractivity contribution in [3.63, 3.8) is 0 Å². The topological polar surface area (TPSA) is 43.3 Å². The number of rotatable bonds is 5. The Balaban J connectivity index is 1.61. The zero-order valence-corrected chi connectivity index (χ0v) is 18.1. The van der Waals surface area contributed by atoms with Gasteiger partial charge in [0.25, 0.3) is 0 Å². The van der Waals surface area contributed by atoms with Gasteiger partial charge in [-0.3, -0.25) is 4.90 Å². The molecule has 6 nitrogen and oxygen atoms in total. The van der Waals surface area contributed by atoms with Crippen LogP contribution in [0, 0.1) is 5.82 Å². The summed E-state index contributed by atoms with van der Waals surface area (Å²) in [6.07, 6.45) is -4.22. The summed E-state index contributed by atoms with van der Waals surface area (Å²) in [6, 6.07) is 3.68. The number of hydrogen-bond donors (Lipinski definition) is 1. The number of piperazine rings is 1. The second-order valence-electron chi connectivity index (χ2n) is 7.80. The molecule has 2 aliphatic rings. The van der Waals surface area contributed by atoms with Crippen LogP contribution in [0.15, 0.2) is 23.2 Å². The van der Waals surface area contributed by atoms with E-state index in [-0.39, 0.29) is 5.82 Å². The molecule has 10 heteroatoms. The van der Waals surface area contributed by atoms with Crippen molar-refractivity contribution in [1.82, 2.24) is 15.1 Å². The molecule has 2 heterocycles. The average Bonchev–Trinajstić information content (AvgIpc) is 2.76. The van der Waals surface area contributed by atoms with Crippen molar-refractivity contribution < 1.29 is 22.3 Å². The summed E-state index contributed by atoms with van der Waals surface area (Å²) in [7, 11) is 0. The first-order chi connectivity index (χ1) is 14.8. The van der Waals surface area contributed by atoms with Crippen LogP contribution in [0.1, 0.15) is 19.4 Å². The van der Waals surface area contributed by atoms with Gasteiger partial charge in [0.2, 0.25) is 0 Å². The van der Waals surface area contributed by atoms with Gasteiger partial charge in [0.15, 0.2) is 5.96 Å². The van der Waals surface area contributed by atoms with Crippen molar-refractivity contribution in [1.29, 1.82) is 0 Å². The van der Waals surface area contributed by atoms with E-state index in [2.05, 4.69) is 10.3 Å². The van der Waals surface area contributed by atoms with Gasteiger partial charge in [-0.1, -0.05) is 6.07 Å². The van der Waals surface area contributed by atoms with Gasteiger partial charge in [0.1, 0.15) is 11.9 Å². The fraction of sp³-hybridized carbons (Fsp3) is 0.667. The van der Waals surface area contributed by atoms with Crippen LogP contribution in [-0.4, -0.2) is 87.0 Å². The van der Waals surface area contributed by atoms with Gasteiger partial charge in [-0.05, 0) is 31.5 Å². The monoisotopic (exact) mass is 445 g/mol. The predicted molar refractivity (Wildman–Crippen MR) is 113 cm³/mol. The number of aliphatic imine (C=N–C) groups is 1. The van der Waals surface area contributed by atoms with Gasteiger partial charge in [-0.2, -0.15) is 13.2 Å². The molecule has 2 aliphatic heterocycles. The molecule has 2 fully saturated rings. The summed E-state index contributed by atoms with van der Waals surface area (Å²) < 4.78 is 58.8. The molecule has 1 N–H and O–H groups in total. The Hall–Kier alpha value is -2.07. The Bertz CT molecular complexity index is 744. The molecule has 31 heavy (non-hydrogen) atoms. The Morgan fingerprint density at radius 2 is 1.81 bits per heavy atom. The molecule has 0 aromatic heterocycles. The van der Waals surface area contributed by atoms with E-state index < -0.39 is 12.2 Å². The highest BCUT2D eigenvalue weighted by atomic mass is 19.4. The third-order valence-corrected chi connectivity index (χ3v) is 5.75. The van der Waals surface area contributed by atoms with Crippen LogP contribution in [0.3, 0.4) is 0 Å². The third kappa shape index (κ3) is 6.22. The first-order valence-corrected chi connectivity index (χ1v) is 10.7. The second-order valence-corrected chi connectivity index (χ2v) is 7.80. The number of guanidine groups is 1. The lowest BCUT2D eigenvalue weighted by molar-refractivity contribution is -0.181. The minimum atomic E-state index is -4.22. The van der Waals surface area contributed by atoms with Crippen LogP contribution in [0.25, 0.3) is 0 Å². The molecule has 1 unspecified atom stereocenters. The summed E-state index contributed by atoms with van der Waals surface area (Å²) >= 11 is 0. The Morgan fingerprint density at radius 1 is 1.13 bits per heavy atom. The number of anilines is 1. The van der Waals surface area contributed by atoms with Crippen molar-refractivity contribution in [2.24, 2.45) is 4.99 Å². The third-order valence-electron chi connectivity index (χ3n) is 5.75. The van der Waals surface area contributed by atoms with E-state index in [9.17, 15) is 17.6 Å². The molecule has 1 atom stereocenters. The lowest BCUT2D eigenvalue weighted by atomic mass is 10.1. The molecule has 0 spiro atoms. The van der Waals surface area contributed by atoms with Gasteiger partial charge >= 0.3 is 6.18 Å². The SMILES string of the molecule is CCNC(=NCc1ccc(N2CCOCC2)c(F)c1)N1CCN(C(C)C(F)(F)F)CC1. The van der Waals surface area contributed by atoms with Gasteiger partial charge < -0.3 is 19.9 Å². The molecular weight excluding hydrogens is 414 g/mol. The number of ether oxygens (including phenoxy) is 1. The number of hydrogen-bond acceptors (Lipinski definition) is 4. The highest BCUT2D eigenvalue weighted by Crippen LogP contribution is 2.25. The molecule has 0 bridgehead atoms. The minimum Gasteiger partial charge on any atom is -0.378 e. The number of halogens is 4. The Kier molecular flexibility index (Phi) is 7.99. The van der Waals surface area contributed by atoms with E-state index in [1.165, 1.54) is 17.9 Å². The van der Waals surface area contributed by atoms with E-state index in [0.717, 1.165) is 5.56 Å². The lowest BCUT2D eigenvalue weighted by Gasteiger charge is -2.39. The van der Waals surface area contributed by atoms with Crippen molar-refractivity contribution in [2.45, 2.75) is 32.6 Å². The van der Waals surface area contributed by atoms with E-state index in [0.29, 0.717) is 77.2 Å². The highest BCUT2D eigenvalue weighted by Gasteiger charge is 2.41. The number of morpholine rings is 1. The van der Waals surface area contributed by atoms with E-state index in [1.54, 1.807) is 6.07 Å². The largest absolute Gasteiger partial charge is 0.403 e. The number of benzene rings is 1. The van der Waals surface area contributed by atoms with Gasteiger partial charge in [-0.15, -0.1) is 0 Å². The molecular formula is C21H31F4N5O. The molecule has 1 aromatic carbocycles. The fourth-order valence-corrected chi connectivity index (χ4v) is 3.83. The molecule has 0 amide bonds. The van der Waals surface area contributed by atoms with Crippen LogP contribution in [-0.2, 0) is 11.3 Å². The number of nitrogens with zero attached hydrogens (tertiary/aromatic N) is 4.